The van der Waals surface area contributed by atoms with Crippen molar-refractivity contribution in [1.82, 2.24) is 39.9 Å². The molecule has 2 N–H and O–H groups in total. The molecule has 275 valence electrons. The standard InChI is InChI=1S/C32H15IN8O9S3.Ga.3Na.H2O/c33-13-1-5-17-21(9-13)29-34-25(17)36-30-23-11-15(52(45,46)47)3-7-19(23)27(38-30)40-32-24-12-16(53(48,49)50)4-8-20(24)28(41-32)39-31-22-10-14(51(42,43)44)2-6-18(22)26(35-29)37-31;;;;;/h1-12H,(H3-2,34,35,36,37,38,39,40,41,42,43,44,45,46,47,48,49,50);;;;;1H2/q-2;;3*+1;/p-3. The van der Waals surface area contributed by atoms with Gasteiger partial charge in [-0.2, -0.15) is 0 Å². The van der Waals surface area contributed by atoms with Gasteiger partial charge in [-0.1, -0.05) is 18.2 Å². The van der Waals surface area contributed by atoms with Crippen LogP contribution in [0.4, 0.5) is 0 Å². The zero-order valence-electron chi connectivity index (χ0n) is 29.9. The molecule has 8 bridgehead atoms. The average molecular weight is 1030 g/mol. The SMILES string of the molecule is O.O=S(=O)([O-])c1ccc2c(c1)-c1nc-2nc2nc(nc3[n-]c(nc4[n-]c(n1)c1ccc(S(=O)(=O)[O-])cc41)c1ccc(S(=O)(=O)[O-])cc31)-c1ccc(I)cc1-2.[Ga].[Na+].[Na+].[Na+]. The van der Waals surface area contributed by atoms with E-state index in [4.69, 9.17) is 4.98 Å². The van der Waals surface area contributed by atoms with Gasteiger partial charge in [-0.3, -0.25) is 0 Å². The number of benzene rings is 4. The number of nitrogens with zero attached hydrogens (tertiary/aromatic N) is 8. The average Bonchev–Trinajstić information content (AvgIpc) is 3.81. The molecule has 9 rings (SSSR count). The first-order valence-electron chi connectivity index (χ1n) is 14.8. The second-order valence-electron chi connectivity index (χ2n) is 11.7. The van der Waals surface area contributed by atoms with Gasteiger partial charge in [0.1, 0.15) is 30.4 Å². The molecule has 0 spiro atoms. The monoisotopic (exact) mass is 1030 g/mol. The van der Waals surface area contributed by atoms with Gasteiger partial charge in [0.25, 0.3) is 0 Å². The van der Waals surface area contributed by atoms with Crippen molar-refractivity contribution >= 4 is 117 Å². The summed E-state index contributed by atoms with van der Waals surface area (Å²) in [6.07, 6.45) is 0. The number of aromatic nitrogens is 8. The molecule has 3 aromatic heterocycles. The number of hydrogen-bond donors (Lipinski definition) is 0. The van der Waals surface area contributed by atoms with Crippen LogP contribution in [0, 0.1) is 3.57 Å². The molecule has 58 heavy (non-hydrogen) atoms. The second-order valence-corrected chi connectivity index (χ2v) is 17.0. The zero-order chi connectivity index (χ0) is 37.2. The minimum absolute atomic E-state index is 0. The largest absolute Gasteiger partial charge is 1.00 e. The van der Waals surface area contributed by atoms with Crippen LogP contribution in [0.1, 0.15) is 0 Å². The molecular formula is C32H14GaIN8Na3O10S3-2. The predicted octanol–water partition coefficient (Wildman–Crippen LogP) is -6.75. The van der Waals surface area contributed by atoms with E-state index < -0.39 is 45.0 Å². The number of hydrogen-bond acceptors (Lipinski definition) is 15. The van der Waals surface area contributed by atoms with Crippen molar-refractivity contribution in [2.75, 3.05) is 0 Å². The summed E-state index contributed by atoms with van der Waals surface area (Å²) in [4.78, 5) is 35.1. The van der Waals surface area contributed by atoms with Crippen molar-refractivity contribution in [2.24, 2.45) is 0 Å². The smallest absolute Gasteiger partial charge is 0.744 e. The molecular weight excluding hydrogens is 1020 g/mol. The Bertz CT molecular complexity index is 3380. The molecule has 2 aliphatic heterocycles. The summed E-state index contributed by atoms with van der Waals surface area (Å²) in [5, 5.41) is 0.596. The molecule has 0 aliphatic carbocycles. The first-order valence-corrected chi connectivity index (χ1v) is 20.1. The van der Waals surface area contributed by atoms with Crippen molar-refractivity contribution in [3.05, 3.63) is 76.4 Å². The van der Waals surface area contributed by atoms with E-state index in [1.165, 1.54) is 18.2 Å². The van der Waals surface area contributed by atoms with Gasteiger partial charge in [0.05, 0.1) is 26.3 Å². The van der Waals surface area contributed by atoms with Crippen LogP contribution in [-0.2, 0) is 30.4 Å². The van der Waals surface area contributed by atoms with Crippen LogP contribution >= 0.6 is 22.6 Å². The van der Waals surface area contributed by atoms with Crippen molar-refractivity contribution < 1.29 is 133 Å². The topological polar surface area (TPSA) is 309 Å². The van der Waals surface area contributed by atoms with E-state index in [1.54, 1.807) is 18.2 Å². The maximum Gasteiger partial charge on any atom is 1.00 e. The first kappa shape index (κ1) is 49.0. The van der Waals surface area contributed by atoms with Crippen LogP contribution < -0.4 is 98.6 Å². The summed E-state index contributed by atoms with van der Waals surface area (Å²) in [5.41, 5.74) is 1.06. The third-order valence-corrected chi connectivity index (χ3v) is 11.6. The van der Waals surface area contributed by atoms with Crippen LogP contribution in [0.3, 0.4) is 0 Å². The van der Waals surface area contributed by atoms with Gasteiger partial charge in [-0.05, 0) is 98.7 Å². The predicted molar refractivity (Wildman–Crippen MR) is 200 cm³/mol. The molecule has 0 amide bonds. The van der Waals surface area contributed by atoms with Gasteiger partial charge in [0.2, 0.25) is 0 Å². The minimum atomic E-state index is -4.96. The minimum Gasteiger partial charge on any atom is -0.744 e. The molecule has 4 aromatic carbocycles. The fraction of sp³-hybridized carbons (Fsp3) is 0. The molecule has 18 nitrogen and oxygen atoms in total. The van der Waals surface area contributed by atoms with Gasteiger partial charge in [0.15, 0.2) is 11.6 Å². The van der Waals surface area contributed by atoms with E-state index in [1.807, 2.05) is 0 Å². The van der Waals surface area contributed by atoms with Gasteiger partial charge in [0, 0.05) is 68.2 Å². The molecule has 5 heterocycles. The first-order chi connectivity index (χ1) is 25.0. The van der Waals surface area contributed by atoms with Crippen LogP contribution in [0.5, 0.6) is 0 Å². The van der Waals surface area contributed by atoms with Gasteiger partial charge in [-0.15, -0.1) is 0 Å². The molecule has 0 saturated carbocycles. The van der Waals surface area contributed by atoms with Crippen molar-refractivity contribution in [3.8, 4) is 45.6 Å². The Hall–Kier alpha value is -1.70. The summed E-state index contributed by atoms with van der Waals surface area (Å²) in [6.45, 7) is 0. The number of fused-ring (bicyclic) bond motifs is 20. The molecule has 3 radical (unpaired) electrons. The maximum absolute atomic E-state index is 12.0. The third-order valence-electron chi connectivity index (χ3n) is 8.44. The van der Waals surface area contributed by atoms with E-state index >= 15 is 0 Å². The quantitative estimate of drug-likeness (QED) is 0.0902. The van der Waals surface area contributed by atoms with Crippen LogP contribution in [0.15, 0.2) is 87.5 Å². The molecule has 26 heteroatoms. The summed E-state index contributed by atoms with van der Waals surface area (Å²) < 4.78 is 109. The normalized spacial score (nSPS) is 11.9. The van der Waals surface area contributed by atoms with Crippen molar-refractivity contribution in [3.63, 3.8) is 0 Å². The van der Waals surface area contributed by atoms with E-state index in [0.29, 0.717) is 16.7 Å². The Labute approximate surface area is 420 Å². The summed E-state index contributed by atoms with van der Waals surface area (Å²) in [6, 6.07) is 15.8. The molecule has 7 aromatic rings. The van der Waals surface area contributed by atoms with E-state index in [2.05, 4.69) is 57.5 Å². The third kappa shape index (κ3) is 8.81. The van der Waals surface area contributed by atoms with Gasteiger partial charge < -0.3 is 44.1 Å². The Morgan fingerprint density at radius 3 is 1.28 bits per heavy atom. The number of rotatable bonds is 3. The fourth-order valence-corrected chi connectivity index (χ4v) is 8.02. The molecule has 0 atom stereocenters. The van der Waals surface area contributed by atoms with Crippen LogP contribution in [0.2, 0.25) is 0 Å². The van der Waals surface area contributed by atoms with Crippen LogP contribution in [0.25, 0.3) is 89.7 Å². The molecule has 0 saturated heterocycles. The van der Waals surface area contributed by atoms with E-state index in [9.17, 15) is 38.9 Å². The van der Waals surface area contributed by atoms with E-state index in [-0.39, 0.29) is 187 Å². The van der Waals surface area contributed by atoms with Crippen LogP contribution in [-0.4, -0.2) is 94.1 Å². The van der Waals surface area contributed by atoms with E-state index in [0.717, 1.165) is 40.0 Å². The molecule has 2 aliphatic rings. The molecule has 0 unspecified atom stereocenters. The van der Waals surface area contributed by atoms with Crippen molar-refractivity contribution in [1.29, 1.82) is 0 Å². The fourth-order valence-electron chi connectivity index (χ4n) is 6.04. The van der Waals surface area contributed by atoms with Gasteiger partial charge >= 0.3 is 88.7 Å². The maximum atomic E-state index is 12.0. The molecule has 0 fully saturated rings. The number of halogens is 1. The zero-order valence-corrected chi connectivity index (χ0v) is 42.9. The summed E-state index contributed by atoms with van der Waals surface area (Å²) >= 11 is 2.11. The van der Waals surface area contributed by atoms with Crippen molar-refractivity contribution in [2.45, 2.75) is 14.7 Å². The Kier molecular flexibility index (Phi) is 14.8. The van der Waals surface area contributed by atoms with Gasteiger partial charge in [-0.25, -0.2) is 40.2 Å². The second kappa shape index (κ2) is 17.6. The summed E-state index contributed by atoms with van der Waals surface area (Å²) in [7, 11) is -14.8. The summed E-state index contributed by atoms with van der Waals surface area (Å²) in [5.74, 6) is 0.178. The Balaban J connectivity index is 0.00000149. The Morgan fingerprint density at radius 2 is 0.776 bits per heavy atom. The Morgan fingerprint density at radius 1 is 0.431 bits per heavy atom.